The molecule has 9 nitrogen and oxygen atoms in total. The van der Waals surface area contributed by atoms with Gasteiger partial charge in [0.15, 0.2) is 27.1 Å². The summed E-state index contributed by atoms with van der Waals surface area (Å²) in [6.07, 6.45) is 3.34. The molecule has 0 spiro atoms. The van der Waals surface area contributed by atoms with Gasteiger partial charge in [0.2, 0.25) is 0 Å². The summed E-state index contributed by atoms with van der Waals surface area (Å²) in [4.78, 5) is 8.06. The van der Waals surface area contributed by atoms with E-state index in [1.165, 1.54) is 18.3 Å². The van der Waals surface area contributed by atoms with E-state index in [0.29, 0.717) is 17.3 Å². The molecule has 5 rings (SSSR count). The van der Waals surface area contributed by atoms with E-state index in [4.69, 9.17) is 24.6 Å². The van der Waals surface area contributed by atoms with E-state index in [0.717, 1.165) is 55.9 Å². The van der Waals surface area contributed by atoms with Crippen LogP contribution in [0.1, 0.15) is 41.7 Å². The van der Waals surface area contributed by atoms with Crippen molar-refractivity contribution in [3.05, 3.63) is 66.4 Å². The summed E-state index contributed by atoms with van der Waals surface area (Å²) in [5, 5.41) is 3.93. The van der Waals surface area contributed by atoms with Gasteiger partial charge in [0.05, 0.1) is 22.0 Å². The molecule has 0 amide bonds. The summed E-state index contributed by atoms with van der Waals surface area (Å²) in [5.41, 5.74) is 9.41. The fourth-order valence-electron chi connectivity index (χ4n) is 4.12. The van der Waals surface area contributed by atoms with Crippen LogP contribution in [0, 0.1) is 0 Å². The van der Waals surface area contributed by atoms with Crippen LogP contribution in [0.25, 0.3) is 34.0 Å². The average Bonchev–Trinajstić information content (AvgIpc) is 3.50. The Morgan fingerprint density at radius 1 is 1.08 bits per heavy atom. The summed E-state index contributed by atoms with van der Waals surface area (Å²) < 4.78 is 90.4. The molecule has 0 unspecified atom stereocenters. The van der Waals surface area contributed by atoms with Gasteiger partial charge in [0, 0.05) is 52.6 Å². The number of nitrogen functional groups attached to an aromatic ring is 1. The Bertz CT molecular complexity index is 1740. The van der Waals surface area contributed by atoms with E-state index in [9.17, 15) is 8.42 Å². The number of aromatic nitrogens is 3. The second kappa shape index (κ2) is 11.0. The van der Waals surface area contributed by atoms with Crippen molar-refractivity contribution in [1.82, 2.24) is 20.4 Å². The zero-order valence-electron chi connectivity index (χ0n) is 27.3. The minimum Gasteiger partial charge on any atom is -0.382 e. The van der Waals surface area contributed by atoms with Gasteiger partial charge in [0.1, 0.15) is 5.69 Å². The summed E-state index contributed by atoms with van der Waals surface area (Å²) in [6, 6.07) is 14.7. The molecule has 3 N–H and O–H groups in total. The highest BCUT2D eigenvalue weighted by Crippen LogP contribution is 2.30. The fourth-order valence-corrected chi connectivity index (χ4v) is 4.85. The molecule has 3 heterocycles. The molecular weight excluding hydrogens is 502 g/mol. The Balaban J connectivity index is 1.35. The van der Waals surface area contributed by atoms with Crippen LogP contribution in [0.3, 0.4) is 0 Å². The molecule has 198 valence electrons. The van der Waals surface area contributed by atoms with Crippen molar-refractivity contribution in [1.29, 1.82) is 0 Å². The van der Waals surface area contributed by atoms with Gasteiger partial charge in [-0.1, -0.05) is 41.6 Å². The van der Waals surface area contributed by atoms with Crippen molar-refractivity contribution in [2.75, 3.05) is 18.9 Å². The number of nitrogens with zero attached hydrogens (tertiary/aromatic N) is 3. The molecule has 0 bridgehead atoms. The lowest BCUT2D eigenvalue weighted by atomic mass is 10.1. The lowest BCUT2D eigenvalue weighted by Crippen LogP contribution is -2.34. The van der Waals surface area contributed by atoms with Crippen molar-refractivity contribution in [3.8, 4) is 34.0 Å². The zero-order valence-corrected chi connectivity index (χ0v) is 21.2. The van der Waals surface area contributed by atoms with Crippen LogP contribution in [0.15, 0.2) is 70.2 Å². The number of hydrogen-bond donors (Lipinski definition) is 2. The normalized spacial score (nSPS) is 18.4. The maximum Gasteiger partial charge on any atom is 0.189 e. The summed E-state index contributed by atoms with van der Waals surface area (Å²) in [5.74, 6) is 0.306. The number of nitrogens with two attached hydrogens (primary N) is 1. The van der Waals surface area contributed by atoms with Crippen molar-refractivity contribution in [2.45, 2.75) is 49.3 Å². The van der Waals surface area contributed by atoms with Gasteiger partial charge < -0.3 is 20.3 Å². The number of sulfone groups is 1. The first-order valence-electron chi connectivity index (χ1n) is 15.5. The monoisotopic (exact) mass is 540 g/mol. The summed E-state index contributed by atoms with van der Waals surface area (Å²) in [6.45, 7) is -5.00. The molecule has 4 aromatic rings. The van der Waals surface area contributed by atoms with Gasteiger partial charge in [0.25, 0.3) is 0 Å². The van der Waals surface area contributed by atoms with E-state index >= 15 is 0 Å². The highest BCUT2D eigenvalue weighted by Gasteiger charge is 2.20. The van der Waals surface area contributed by atoms with Gasteiger partial charge in [-0.25, -0.2) is 18.4 Å². The van der Waals surface area contributed by atoms with Crippen LogP contribution in [-0.4, -0.2) is 48.0 Å². The minimum atomic E-state index is -5.15. The molecule has 1 fully saturated rings. The Hall–Kier alpha value is -3.60. The van der Waals surface area contributed by atoms with Gasteiger partial charge in [-0.15, -0.1) is 0 Å². The Morgan fingerprint density at radius 3 is 2.47 bits per heavy atom. The zero-order chi connectivity index (χ0) is 32.6. The molecule has 1 aliphatic rings. The fraction of sp³-hybridized carbons (Fsp3) is 0.321. The SMILES string of the molecule is [2H]C([2H])([2H])C([2H])(C([2H])([2H])[2H])S(=O)(=O)c1ccc(-c2cnc(N)c(-c3cc(-c4ccc(CNC5CCOCC5)cc4)no3)n2)cc1. The van der Waals surface area contributed by atoms with E-state index in [1.807, 2.05) is 24.3 Å². The van der Waals surface area contributed by atoms with Gasteiger partial charge >= 0.3 is 0 Å². The second-order valence-corrected chi connectivity index (χ2v) is 10.8. The smallest absolute Gasteiger partial charge is 0.189 e. The maximum absolute atomic E-state index is 13.1. The quantitative estimate of drug-likeness (QED) is 0.331. The number of nitrogens with one attached hydrogen (secondary N) is 1. The molecule has 10 heteroatoms. The number of anilines is 1. The van der Waals surface area contributed by atoms with Crippen LogP contribution in [0.5, 0.6) is 0 Å². The highest BCUT2D eigenvalue weighted by molar-refractivity contribution is 7.92. The molecule has 0 saturated carbocycles. The van der Waals surface area contributed by atoms with Crippen LogP contribution in [0.4, 0.5) is 5.82 Å². The summed E-state index contributed by atoms with van der Waals surface area (Å²) in [7, 11) is -5.15. The number of benzene rings is 2. The first kappa shape index (κ1) is 18.6. The van der Waals surface area contributed by atoms with Crippen molar-refractivity contribution in [3.63, 3.8) is 0 Å². The Kier molecular flexibility index (Phi) is 5.40. The number of ether oxygens (including phenoxy) is 1. The highest BCUT2D eigenvalue weighted by atomic mass is 32.2. The Labute approximate surface area is 232 Å². The predicted octanol–water partition coefficient (Wildman–Crippen LogP) is 4.50. The Morgan fingerprint density at radius 2 is 1.76 bits per heavy atom. The lowest BCUT2D eigenvalue weighted by molar-refractivity contribution is 0.0776. The minimum absolute atomic E-state index is 0.0597. The lowest BCUT2D eigenvalue weighted by Gasteiger charge is -2.23. The van der Waals surface area contributed by atoms with E-state index < -0.39 is 33.7 Å². The van der Waals surface area contributed by atoms with E-state index in [1.54, 1.807) is 6.07 Å². The first-order valence-corrected chi connectivity index (χ1v) is 13.5. The van der Waals surface area contributed by atoms with Crippen molar-refractivity contribution >= 4 is 15.7 Å². The third-order valence-electron chi connectivity index (χ3n) is 6.34. The molecule has 2 aromatic carbocycles. The second-order valence-electron chi connectivity index (χ2n) is 8.89. The predicted molar refractivity (Wildman–Crippen MR) is 146 cm³/mol. The van der Waals surface area contributed by atoms with Crippen LogP contribution >= 0.6 is 0 Å². The third-order valence-corrected chi connectivity index (χ3v) is 7.77. The largest absolute Gasteiger partial charge is 0.382 e. The van der Waals surface area contributed by atoms with Gasteiger partial charge in [-0.05, 0) is 44.2 Å². The summed E-state index contributed by atoms with van der Waals surface area (Å²) >= 11 is 0. The molecular formula is C28H31N5O4S. The molecule has 1 saturated heterocycles. The molecule has 38 heavy (non-hydrogen) atoms. The van der Waals surface area contributed by atoms with E-state index in [-0.39, 0.29) is 23.0 Å². The molecule has 2 aromatic heterocycles. The molecule has 1 aliphatic heterocycles. The van der Waals surface area contributed by atoms with Gasteiger partial charge in [-0.3, -0.25) is 0 Å². The maximum atomic E-state index is 13.1. The van der Waals surface area contributed by atoms with E-state index in [2.05, 4.69) is 20.4 Å². The van der Waals surface area contributed by atoms with Crippen molar-refractivity contribution in [2.24, 2.45) is 0 Å². The first-order chi connectivity index (χ1) is 21.1. The van der Waals surface area contributed by atoms with Crippen molar-refractivity contribution < 1.29 is 27.3 Å². The van der Waals surface area contributed by atoms with Crippen LogP contribution in [-0.2, 0) is 21.1 Å². The number of rotatable bonds is 8. The molecule has 0 atom stereocenters. The topological polar surface area (TPSA) is 133 Å². The van der Waals surface area contributed by atoms with Gasteiger partial charge in [-0.2, -0.15) is 0 Å². The molecule has 0 aliphatic carbocycles. The van der Waals surface area contributed by atoms with Crippen LogP contribution in [0.2, 0.25) is 0 Å². The van der Waals surface area contributed by atoms with Crippen LogP contribution < -0.4 is 11.1 Å². The molecule has 0 radical (unpaired) electrons. The average molecular weight is 541 g/mol. The number of hydrogen-bond acceptors (Lipinski definition) is 9. The third kappa shape index (κ3) is 5.62. The standard InChI is InChI=1S/C28H31N5O4S/c1-18(2)38(34,35)23-9-7-21(8-10-23)25-17-31-28(29)27(32-25)26-15-24(33-37-26)20-5-3-19(4-6-20)16-30-22-11-13-36-14-12-22/h3-10,15,17-18,22,30H,11-14,16H2,1-2H3,(H2,29,31)/i1D3,2D3,18D.